The molecule has 0 saturated carbocycles. The Morgan fingerprint density at radius 3 is 2.38 bits per heavy atom. The van der Waals surface area contributed by atoms with Gasteiger partial charge in [-0.3, -0.25) is 38.8 Å². The zero-order valence-electron chi connectivity index (χ0n) is 36.2. The van der Waals surface area contributed by atoms with Crippen molar-refractivity contribution in [1.29, 1.82) is 0 Å². The molecule has 18 nitrogen and oxygen atoms in total. The Balaban J connectivity index is 0.849. The molecule has 0 spiro atoms. The number of halogens is 1. The van der Waals surface area contributed by atoms with Gasteiger partial charge in [-0.05, 0) is 63.4 Å². The lowest BCUT2D eigenvalue weighted by Crippen LogP contribution is -2.52. The highest BCUT2D eigenvalue weighted by Crippen LogP contribution is 2.43. The van der Waals surface area contributed by atoms with Gasteiger partial charge < -0.3 is 29.7 Å². The molecule has 0 aliphatic carbocycles. The molecule has 5 aromatic rings. The fourth-order valence-corrected chi connectivity index (χ4v) is 9.29. The van der Waals surface area contributed by atoms with Gasteiger partial charge in [0.2, 0.25) is 23.5 Å². The molecule has 8 rings (SSSR count). The monoisotopic (exact) mass is 920 g/mol. The summed E-state index contributed by atoms with van der Waals surface area (Å²) in [5, 5.41) is 27.2. The highest BCUT2D eigenvalue weighted by molar-refractivity contribution is 7.15. The molecule has 3 N–H and O–H groups in total. The first-order chi connectivity index (χ1) is 31.3. The number of aliphatic imine (C=N–C) groups is 1. The normalized spacial score (nSPS) is 16.6. The number of azo groups is 1. The number of nitrogens with zero attached hydrogens (tertiary/aromatic N) is 7. The number of carbonyl (C=O) groups excluding carboxylic acids is 5. The van der Waals surface area contributed by atoms with Gasteiger partial charge >= 0.3 is 0 Å². The number of hydrogen-bond donors (Lipinski definition) is 3. The van der Waals surface area contributed by atoms with E-state index in [2.05, 4.69) is 50.2 Å². The molecule has 3 aromatic carbocycles. The van der Waals surface area contributed by atoms with Gasteiger partial charge in [0.1, 0.15) is 22.9 Å². The van der Waals surface area contributed by atoms with Crippen molar-refractivity contribution in [3.8, 4) is 22.2 Å². The van der Waals surface area contributed by atoms with E-state index in [1.807, 2.05) is 35.8 Å². The van der Waals surface area contributed by atoms with E-state index in [9.17, 15) is 24.0 Å². The first-order valence-electron chi connectivity index (χ1n) is 20.8. The molecule has 2 atom stereocenters. The summed E-state index contributed by atoms with van der Waals surface area (Å²) in [4.78, 5) is 71.5. The molecule has 1 saturated heterocycles. The Kier molecular flexibility index (Phi) is 13.0. The van der Waals surface area contributed by atoms with Gasteiger partial charge in [-0.2, -0.15) is 10.2 Å². The molecule has 336 valence electrons. The van der Waals surface area contributed by atoms with Crippen LogP contribution < -0.4 is 30.2 Å². The zero-order valence-corrected chi connectivity index (χ0v) is 37.8. The molecule has 20 heteroatoms. The van der Waals surface area contributed by atoms with E-state index in [0.717, 1.165) is 32.3 Å². The lowest BCUT2D eigenvalue weighted by Gasteiger charge is -2.29. The number of fused-ring (bicyclic) bond motifs is 4. The van der Waals surface area contributed by atoms with Gasteiger partial charge in [0, 0.05) is 70.3 Å². The summed E-state index contributed by atoms with van der Waals surface area (Å²) in [5.41, 5.74) is 5.50. The van der Waals surface area contributed by atoms with Crippen LogP contribution in [0, 0.1) is 20.8 Å². The van der Waals surface area contributed by atoms with E-state index in [4.69, 9.17) is 30.8 Å². The highest BCUT2D eigenvalue weighted by Gasteiger charge is 2.40. The minimum atomic E-state index is -0.761. The van der Waals surface area contributed by atoms with E-state index in [1.54, 1.807) is 41.7 Å². The Bertz CT molecular complexity index is 2760. The van der Waals surface area contributed by atoms with Crippen molar-refractivity contribution in [3.05, 3.63) is 104 Å². The van der Waals surface area contributed by atoms with E-state index >= 15 is 0 Å². The van der Waals surface area contributed by atoms with E-state index in [-0.39, 0.29) is 73.9 Å². The summed E-state index contributed by atoms with van der Waals surface area (Å²) in [6.07, 6.45) is 0.876. The third kappa shape index (κ3) is 9.19. The van der Waals surface area contributed by atoms with Gasteiger partial charge in [0.25, 0.3) is 11.8 Å². The largest absolute Gasteiger partial charge is 0.493 e. The number of aromatic nitrogens is 3. The Morgan fingerprint density at radius 1 is 0.954 bits per heavy atom. The van der Waals surface area contributed by atoms with Crippen LogP contribution in [0.15, 0.2) is 69.8 Å². The van der Waals surface area contributed by atoms with Crippen LogP contribution in [0.3, 0.4) is 0 Å². The van der Waals surface area contributed by atoms with E-state index < -0.39 is 23.9 Å². The summed E-state index contributed by atoms with van der Waals surface area (Å²) in [6.45, 7) is 6.38. The molecule has 1 fully saturated rings. The number of ether oxygens (including phenoxy) is 3. The first kappa shape index (κ1) is 44.6. The number of amides is 5. The zero-order chi connectivity index (χ0) is 45.9. The number of nitrogens with one attached hydrogen (secondary N) is 3. The average Bonchev–Trinajstić information content (AvgIpc) is 3.91. The van der Waals surface area contributed by atoms with Crippen molar-refractivity contribution in [3.63, 3.8) is 0 Å². The molecular weight excluding hydrogens is 876 g/mol. The van der Waals surface area contributed by atoms with Crippen molar-refractivity contribution in [1.82, 2.24) is 35.6 Å². The standard InChI is InChI=1S/C45H45ClN10O8S/c1-23-24(2)65-45-39(23)40(26-10-12-27(46)13-11-26)49-32(42-54-51-25(3)56(42)45)20-37(58)47-16-7-17-48-38(59)22-64-41-34(62-4)18-28(19-35(41)63-5)52-53-31-9-6-8-29-30(31)21-55(44(29)61)33-14-15-36(57)50-43(33)60/h6,8-13,18-19,32-33H,7,14-17,20-22H2,1-5H3,(H,47,58)(H,48,59)(H,50,57,60)/b53-52+/t32-,33?/m0/s1. The minimum absolute atomic E-state index is 0.0344. The fraction of sp³-hybridized carbons (Fsp3) is 0.333. The second-order valence-corrected chi connectivity index (χ2v) is 17.2. The summed E-state index contributed by atoms with van der Waals surface area (Å²) in [5.74, 6) is 0.115. The Morgan fingerprint density at radius 2 is 1.68 bits per heavy atom. The van der Waals surface area contributed by atoms with Crippen molar-refractivity contribution in [2.24, 2.45) is 15.2 Å². The fourth-order valence-electron chi connectivity index (χ4n) is 7.95. The Labute approximate surface area is 382 Å². The topological polar surface area (TPSA) is 220 Å². The number of methoxy groups -OCH3 is 2. The van der Waals surface area contributed by atoms with Crippen LogP contribution >= 0.6 is 22.9 Å². The van der Waals surface area contributed by atoms with Crippen molar-refractivity contribution in [2.75, 3.05) is 33.9 Å². The van der Waals surface area contributed by atoms with E-state index in [1.165, 1.54) is 19.1 Å². The first-order valence-corrected chi connectivity index (χ1v) is 22.0. The molecule has 5 amide bonds. The predicted molar refractivity (Wildman–Crippen MR) is 240 cm³/mol. The summed E-state index contributed by atoms with van der Waals surface area (Å²) >= 11 is 7.87. The van der Waals surface area contributed by atoms with Gasteiger partial charge in [0.05, 0.1) is 37.7 Å². The summed E-state index contributed by atoms with van der Waals surface area (Å²) in [6, 6.07) is 14.3. The van der Waals surface area contributed by atoms with Gasteiger partial charge in [0.15, 0.2) is 23.9 Å². The number of imide groups is 1. The summed E-state index contributed by atoms with van der Waals surface area (Å²) in [7, 11) is 2.87. The second kappa shape index (κ2) is 19.0. The van der Waals surface area contributed by atoms with Crippen LogP contribution in [0.5, 0.6) is 17.2 Å². The highest BCUT2D eigenvalue weighted by atomic mass is 35.5. The number of rotatable bonds is 15. The average molecular weight is 921 g/mol. The molecule has 65 heavy (non-hydrogen) atoms. The van der Waals surface area contributed by atoms with Crippen molar-refractivity contribution in [2.45, 2.75) is 65.1 Å². The summed E-state index contributed by atoms with van der Waals surface area (Å²) < 4.78 is 19.0. The maximum absolute atomic E-state index is 13.4. The van der Waals surface area contributed by atoms with Crippen LogP contribution in [-0.4, -0.2) is 94.9 Å². The molecule has 3 aliphatic heterocycles. The molecule has 3 aliphatic rings. The number of carbonyl (C=O) groups is 5. The lowest BCUT2D eigenvalue weighted by atomic mass is 9.99. The molecule has 0 radical (unpaired) electrons. The molecule has 0 bridgehead atoms. The molecule has 2 aromatic heterocycles. The minimum Gasteiger partial charge on any atom is -0.493 e. The smallest absolute Gasteiger partial charge is 0.257 e. The number of piperidine rings is 1. The molecular formula is C45H45ClN10O8S. The van der Waals surface area contributed by atoms with Crippen LogP contribution in [-0.2, 0) is 25.7 Å². The quantitative estimate of drug-likeness (QED) is 0.0624. The van der Waals surface area contributed by atoms with Crippen molar-refractivity contribution >= 4 is 69.6 Å². The maximum Gasteiger partial charge on any atom is 0.257 e. The van der Waals surface area contributed by atoms with Crippen LogP contribution in [0.4, 0.5) is 11.4 Å². The van der Waals surface area contributed by atoms with Gasteiger partial charge in [-0.15, -0.1) is 21.5 Å². The second-order valence-electron chi connectivity index (χ2n) is 15.5. The van der Waals surface area contributed by atoms with Crippen LogP contribution in [0.25, 0.3) is 5.00 Å². The predicted octanol–water partition coefficient (Wildman–Crippen LogP) is 6.08. The number of thiophene rings is 1. The molecule has 1 unspecified atom stereocenters. The number of hydrogen-bond acceptors (Lipinski definition) is 14. The van der Waals surface area contributed by atoms with Crippen LogP contribution in [0.1, 0.15) is 80.9 Å². The third-order valence-electron chi connectivity index (χ3n) is 11.4. The van der Waals surface area contributed by atoms with Gasteiger partial charge in [-0.1, -0.05) is 29.8 Å². The van der Waals surface area contributed by atoms with Crippen LogP contribution in [0.2, 0.25) is 5.02 Å². The van der Waals surface area contributed by atoms with Gasteiger partial charge in [-0.25, -0.2) is 0 Å². The number of benzene rings is 3. The SMILES string of the molecule is COc1cc(/N=N/c2cccc3c2CN(C2CCC(=O)NC2=O)C3=O)cc(OC)c1OCC(=O)NCCCNC(=O)C[C@@H]1N=C(c2ccc(Cl)cc2)c2c(sc(C)c2C)-n2c(C)nnc21. The van der Waals surface area contributed by atoms with Crippen molar-refractivity contribution < 1.29 is 38.2 Å². The lowest BCUT2D eigenvalue weighted by molar-refractivity contribution is -0.137. The Hall–Kier alpha value is -6.99. The maximum atomic E-state index is 13.4. The van der Waals surface area contributed by atoms with E-state index in [0.29, 0.717) is 52.1 Å². The third-order valence-corrected chi connectivity index (χ3v) is 12.8. The molecule has 5 heterocycles. The number of aryl methyl sites for hydroxylation is 2.